The smallest absolute Gasteiger partial charge is 0.147 e. The molecule has 4 rings (SSSR count). The number of rotatable bonds is 1. The fraction of sp³-hybridized carbons (Fsp3) is 0.118. The van der Waals surface area contributed by atoms with E-state index in [4.69, 9.17) is 11.6 Å². The summed E-state index contributed by atoms with van der Waals surface area (Å²) >= 11 is 5.99. The van der Waals surface area contributed by atoms with Gasteiger partial charge >= 0.3 is 0 Å². The van der Waals surface area contributed by atoms with Crippen LogP contribution >= 0.6 is 11.6 Å². The van der Waals surface area contributed by atoms with Crippen LogP contribution in [0.4, 0.5) is 5.69 Å². The lowest BCUT2D eigenvalue weighted by molar-refractivity contribution is 0.571. The van der Waals surface area contributed by atoms with Crippen LogP contribution in [0.2, 0.25) is 5.02 Å². The third-order valence-electron chi connectivity index (χ3n) is 3.78. The van der Waals surface area contributed by atoms with Crippen LogP contribution in [0.3, 0.4) is 0 Å². The van der Waals surface area contributed by atoms with Gasteiger partial charge in [0, 0.05) is 16.3 Å². The molecule has 0 saturated heterocycles. The second-order valence-corrected chi connectivity index (χ2v) is 5.70. The molecule has 104 valence electrons. The average Bonchev–Trinajstić information content (AvgIpc) is 2.89. The monoisotopic (exact) mass is 295 g/mol. The molecular weight excluding hydrogens is 282 g/mol. The van der Waals surface area contributed by atoms with Crippen molar-refractivity contribution in [3.63, 3.8) is 0 Å². The van der Waals surface area contributed by atoms with E-state index < -0.39 is 0 Å². The summed E-state index contributed by atoms with van der Waals surface area (Å²) < 4.78 is 2.04. The highest BCUT2D eigenvalue weighted by atomic mass is 35.5. The van der Waals surface area contributed by atoms with Gasteiger partial charge in [0.15, 0.2) is 0 Å². The molecule has 0 fully saturated rings. The molecule has 0 spiro atoms. The Morgan fingerprint density at radius 3 is 2.67 bits per heavy atom. The number of halogens is 1. The van der Waals surface area contributed by atoms with E-state index in [1.165, 1.54) is 5.56 Å². The van der Waals surface area contributed by atoms with Gasteiger partial charge in [-0.15, -0.1) is 0 Å². The summed E-state index contributed by atoms with van der Waals surface area (Å²) in [6.45, 7) is 2.02. The van der Waals surface area contributed by atoms with Gasteiger partial charge in [-0.1, -0.05) is 41.9 Å². The molecule has 1 atom stereocenters. The summed E-state index contributed by atoms with van der Waals surface area (Å²) in [5.74, 6) is 0. The van der Waals surface area contributed by atoms with Gasteiger partial charge in [0.25, 0.3) is 0 Å². The lowest BCUT2D eigenvalue weighted by atomic mass is 10.0. The van der Waals surface area contributed by atoms with Gasteiger partial charge in [0.1, 0.15) is 6.17 Å². The summed E-state index contributed by atoms with van der Waals surface area (Å²) in [5, 5.41) is 8.95. The highest BCUT2D eigenvalue weighted by Gasteiger charge is 2.25. The van der Waals surface area contributed by atoms with E-state index >= 15 is 0 Å². The summed E-state index contributed by atoms with van der Waals surface area (Å²) in [6.07, 6.45) is -0.0131. The van der Waals surface area contributed by atoms with Crippen LogP contribution in [0.5, 0.6) is 0 Å². The van der Waals surface area contributed by atoms with Crippen molar-refractivity contribution in [1.29, 1.82) is 0 Å². The molecule has 2 aromatic carbocycles. The van der Waals surface area contributed by atoms with E-state index in [2.05, 4.69) is 34.7 Å². The maximum Gasteiger partial charge on any atom is 0.147 e. The zero-order valence-corrected chi connectivity index (χ0v) is 12.3. The Morgan fingerprint density at radius 2 is 1.86 bits per heavy atom. The SMILES string of the molecule is Cc1cc2n(n1)C(c1ccc(Cl)cc1)Nc1ccccc1-2. The van der Waals surface area contributed by atoms with Crippen LogP contribution in [-0.4, -0.2) is 9.78 Å². The number of benzene rings is 2. The summed E-state index contributed by atoms with van der Waals surface area (Å²) in [5.41, 5.74) is 5.61. The topological polar surface area (TPSA) is 29.9 Å². The molecule has 3 aromatic rings. The lowest BCUT2D eigenvalue weighted by Gasteiger charge is -2.29. The predicted octanol–water partition coefficient (Wildman–Crippen LogP) is 4.48. The third-order valence-corrected chi connectivity index (χ3v) is 4.04. The van der Waals surface area contributed by atoms with Crippen molar-refractivity contribution in [3.05, 3.63) is 70.9 Å². The number of hydrogen-bond donors (Lipinski definition) is 1. The van der Waals surface area contributed by atoms with E-state index in [9.17, 15) is 0 Å². The summed E-state index contributed by atoms with van der Waals surface area (Å²) in [4.78, 5) is 0. The Labute approximate surface area is 128 Å². The molecule has 3 nitrogen and oxygen atoms in total. The van der Waals surface area contributed by atoms with Gasteiger partial charge in [0.2, 0.25) is 0 Å². The first-order chi connectivity index (χ1) is 10.2. The van der Waals surface area contributed by atoms with Crippen LogP contribution in [-0.2, 0) is 0 Å². The van der Waals surface area contributed by atoms with E-state index in [0.717, 1.165) is 27.7 Å². The molecule has 2 heterocycles. The van der Waals surface area contributed by atoms with E-state index in [0.29, 0.717) is 0 Å². The minimum atomic E-state index is -0.0131. The number of para-hydroxylation sites is 1. The van der Waals surface area contributed by atoms with Crippen LogP contribution in [0.1, 0.15) is 17.4 Å². The van der Waals surface area contributed by atoms with E-state index in [1.54, 1.807) is 0 Å². The van der Waals surface area contributed by atoms with Crippen LogP contribution in [0.25, 0.3) is 11.3 Å². The van der Waals surface area contributed by atoms with E-state index in [-0.39, 0.29) is 6.17 Å². The van der Waals surface area contributed by atoms with Gasteiger partial charge in [0.05, 0.1) is 11.4 Å². The van der Waals surface area contributed by atoms with Gasteiger partial charge in [-0.2, -0.15) is 5.10 Å². The zero-order chi connectivity index (χ0) is 14.4. The molecule has 1 N–H and O–H groups in total. The van der Waals surface area contributed by atoms with Crippen molar-refractivity contribution in [3.8, 4) is 11.3 Å². The zero-order valence-electron chi connectivity index (χ0n) is 11.5. The van der Waals surface area contributed by atoms with Crippen molar-refractivity contribution >= 4 is 17.3 Å². The molecule has 0 amide bonds. The molecular formula is C17H14ClN3. The number of fused-ring (bicyclic) bond motifs is 3. The van der Waals surface area contributed by atoms with Crippen molar-refractivity contribution in [2.24, 2.45) is 0 Å². The number of nitrogens with zero attached hydrogens (tertiary/aromatic N) is 2. The number of aryl methyl sites for hydroxylation is 1. The summed E-state index contributed by atoms with van der Waals surface area (Å²) in [6, 6.07) is 18.3. The van der Waals surface area contributed by atoms with Crippen LogP contribution < -0.4 is 5.32 Å². The predicted molar refractivity (Wildman–Crippen MR) is 85.6 cm³/mol. The number of nitrogens with one attached hydrogen (secondary N) is 1. The van der Waals surface area contributed by atoms with Crippen molar-refractivity contribution in [1.82, 2.24) is 9.78 Å². The average molecular weight is 296 g/mol. The molecule has 4 heteroatoms. The molecule has 1 aromatic heterocycles. The molecule has 1 unspecified atom stereocenters. The van der Waals surface area contributed by atoms with Crippen molar-refractivity contribution in [2.75, 3.05) is 5.32 Å². The first-order valence-corrected chi connectivity index (χ1v) is 7.28. The molecule has 1 aliphatic heterocycles. The molecule has 0 aliphatic carbocycles. The van der Waals surface area contributed by atoms with Crippen molar-refractivity contribution in [2.45, 2.75) is 13.1 Å². The molecule has 1 aliphatic rings. The third kappa shape index (κ3) is 2.01. The normalized spacial score (nSPS) is 16.0. The molecule has 0 bridgehead atoms. The maximum absolute atomic E-state index is 5.99. The number of anilines is 1. The van der Waals surface area contributed by atoms with Gasteiger partial charge < -0.3 is 5.32 Å². The first-order valence-electron chi connectivity index (χ1n) is 6.90. The summed E-state index contributed by atoms with van der Waals surface area (Å²) in [7, 11) is 0. The van der Waals surface area contributed by atoms with Crippen LogP contribution in [0.15, 0.2) is 54.6 Å². The quantitative estimate of drug-likeness (QED) is 0.717. The van der Waals surface area contributed by atoms with Gasteiger partial charge in [-0.05, 0) is 36.8 Å². The van der Waals surface area contributed by atoms with Gasteiger partial charge in [-0.25, -0.2) is 4.68 Å². The van der Waals surface area contributed by atoms with E-state index in [1.807, 2.05) is 41.9 Å². The largest absolute Gasteiger partial charge is 0.359 e. The lowest BCUT2D eigenvalue weighted by Crippen LogP contribution is -2.25. The highest BCUT2D eigenvalue weighted by molar-refractivity contribution is 6.30. The standard InChI is InChI=1S/C17H14ClN3/c1-11-10-16-14-4-2-3-5-15(14)19-17(21(16)20-11)12-6-8-13(18)9-7-12/h2-10,17,19H,1H3. The highest BCUT2D eigenvalue weighted by Crippen LogP contribution is 2.38. The Balaban J connectivity index is 1.89. The molecule has 0 radical (unpaired) electrons. The second kappa shape index (κ2) is 4.64. The molecule has 21 heavy (non-hydrogen) atoms. The fourth-order valence-corrected chi connectivity index (χ4v) is 2.95. The van der Waals surface area contributed by atoms with Crippen molar-refractivity contribution < 1.29 is 0 Å². The van der Waals surface area contributed by atoms with Crippen LogP contribution in [0, 0.1) is 6.92 Å². The minimum Gasteiger partial charge on any atom is -0.359 e. The Bertz CT molecular complexity index is 805. The number of hydrogen-bond acceptors (Lipinski definition) is 2. The Hall–Kier alpha value is -2.26. The fourth-order valence-electron chi connectivity index (χ4n) is 2.83. The maximum atomic E-state index is 5.99. The molecule has 0 saturated carbocycles. The first kappa shape index (κ1) is 12.5. The minimum absolute atomic E-state index is 0.0131. The Morgan fingerprint density at radius 1 is 1.10 bits per heavy atom. The van der Waals surface area contributed by atoms with Gasteiger partial charge in [-0.3, -0.25) is 0 Å². The number of aromatic nitrogens is 2. The Kier molecular flexibility index (Phi) is 2.76. The second-order valence-electron chi connectivity index (χ2n) is 5.26.